The van der Waals surface area contributed by atoms with Crippen molar-refractivity contribution in [1.29, 1.82) is 0 Å². The molecular weight excluding hydrogens is 918 g/mol. The fraction of sp³-hybridized carbons (Fsp3) is 0.481. The second-order valence-corrected chi connectivity index (χ2v) is 18.2. The molecule has 1 atom stereocenters. The Balaban J connectivity index is 1.25. The zero-order valence-corrected chi connectivity index (χ0v) is 41.8. The van der Waals surface area contributed by atoms with Crippen molar-refractivity contribution in [2.45, 2.75) is 155 Å². The van der Waals surface area contributed by atoms with Crippen LogP contribution in [0.3, 0.4) is 0 Å². The summed E-state index contributed by atoms with van der Waals surface area (Å²) in [5.74, 6) is -2.66. The fourth-order valence-corrected chi connectivity index (χ4v) is 8.14. The number of hydrogen-bond acceptors (Lipinski definition) is 10. The normalized spacial score (nSPS) is 11.7. The summed E-state index contributed by atoms with van der Waals surface area (Å²) in [6.07, 6.45) is 23.6. The molecule has 2 N–H and O–H groups in total. The van der Waals surface area contributed by atoms with Gasteiger partial charge in [0.25, 0.3) is 11.8 Å². The zero-order chi connectivity index (χ0) is 49.1. The molecule has 0 aliphatic heterocycles. The van der Waals surface area contributed by atoms with Crippen LogP contribution >= 0.6 is 23.2 Å². The van der Waals surface area contributed by atoms with Gasteiger partial charge in [0, 0.05) is 0 Å². The smallest absolute Gasteiger partial charge is 0.343 e. The largest absolute Gasteiger partial charge is 0.462 e. The predicted octanol–water partition coefficient (Wildman–Crippen LogP) is 14.2. The summed E-state index contributed by atoms with van der Waals surface area (Å²) >= 11 is 13.2. The van der Waals surface area contributed by atoms with E-state index in [9.17, 15) is 19.2 Å². The maximum Gasteiger partial charge on any atom is 0.343 e. The minimum atomic E-state index is -1.75. The fourth-order valence-electron chi connectivity index (χ4n) is 7.81. The van der Waals surface area contributed by atoms with Crippen LogP contribution in [0, 0.1) is 0 Å². The van der Waals surface area contributed by atoms with Crippen molar-refractivity contribution in [3.63, 3.8) is 0 Å². The highest BCUT2D eigenvalue weighted by atomic mass is 35.5. The molecule has 0 bridgehead atoms. The number of nitrogens with zero attached hydrogens (tertiary/aromatic N) is 3. The molecule has 4 aromatic carbocycles. The maximum absolute atomic E-state index is 14.5. The number of hydrogen-bond donors (Lipinski definition) is 2. The van der Waals surface area contributed by atoms with Gasteiger partial charge < -0.3 is 20.1 Å². The summed E-state index contributed by atoms with van der Waals surface area (Å²) in [4.78, 5) is 66.3. The molecule has 0 aliphatic rings. The molecule has 0 fully saturated rings. The van der Waals surface area contributed by atoms with Crippen LogP contribution in [0.5, 0.6) is 5.75 Å². The van der Waals surface area contributed by atoms with Gasteiger partial charge in [-0.15, -0.1) is 5.10 Å². The van der Waals surface area contributed by atoms with Gasteiger partial charge in [0.15, 0.2) is 0 Å². The highest BCUT2D eigenvalue weighted by Gasteiger charge is 2.33. The molecule has 5 rings (SSSR count). The van der Waals surface area contributed by atoms with Gasteiger partial charge in [-0.05, 0) is 79.1 Å². The van der Waals surface area contributed by atoms with Gasteiger partial charge in [0.1, 0.15) is 17.9 Å². The van der Waals surface area contributed by atoms with Crippen LogP contribution in [0.2, 0.25) is 10.0 Å². The molecule has 0 aliphatic carbocycles. The molecule has 15 heteroatoms. The molecule has 1 aromatic heterocycles. The summed E-state index contributed by atoms with van der Waals surface area (Å²) in [6, 6.07) is 20.6. The lowest BCUT2D eigenvalue weighted by atomic mass is 10.1. The number of esters is 2. The molecule has 0 saturated heterocycles. The number of halogens is 2. The van der Waals surface area contributed by atoms with E-state index in [4.69, 9.17) is 42.5 Å². The van der Waals surface area contributed by atoms with Crippen LogP contribution in [0.4, 0.5) is 11.4 Å². The molecule has 1 unspecified atom stereocenters. The first-order valence-electron chi connectivity index (χ1n) is 24.9. The van der Waals surface area contributed by atoms with Crippen LogP contribution in [0.25, 0.3) is 11.0 Å². The first kappa shape index (κ1) is 54.6. The second-order valence-electron chi connectivity index (χ2n) is 17.4. The lowest BCUT2D eigenvalue weighted by Gasteiger charge is -2.19. The number of nitrogens with one attached hydrogen (secondary N) is 2. The average molecular weight is 987 g/mol. The third-order valence-electron chi connectivity index (χ3n) is 11.8. The van der Waals surface area contributed by atoms with E-state index in [2.05, 4.69) is 34.8 Å². The SMILES string of the molecule is CCCCCCCCCCCCOOCc1ccc(Cl)c(NC(=O)C(C(=O)Nc2cc(C(=O)OCCCCCCCCCCCC)ccc2Cl)n2nnc3ccc(C(=O)Oc4ccccc4)cc32)c1. The minimum Gasteiger partial charge on any atom is -0.462 e. The second kappa shape index (κ2) is 31.0. The van der Waals surface area contributed by atoms with Crippen molar-refractivity contribution in [3.8, 4) is 5.75 Å². The Morgan fingerprint density at radius 1 is 0.565 bits per heavy atom. The van der Waals surface area contributed by atoms with Crippen molar-refractivity contribution < 1.29 is 38.4 Å². The molecular formula is C54H69Cl2N5O8. The number of benzene rings is 4. The highest BCUT2D eigenvalue weighted by Crippen LogP contribution is 2.29. The number of rotatable bonds is 33. The molecule has 0 spiro atoms. The number of ether oxygens (including phenoxy) is 2. The third kappa shape index (κ3) is 18.8. The van der Waals surface area contributed by atoms with E-state index >= 15 is 0 Å². The van der Waals surface area contributed by atoms with Gasteiger partial charge in [-0.1, -0.05) is 182 Å². The maximum atomic E-state index is 14.5. The summed E-state index contributed by atoms with van der Waals surface area (Å²) in [7, 11) is 0. The van der Waals surface area contributed by atoms with E-state index in [-0.39, 0.29) is 56.8 Å². The molecule has 5 aromatic rings. The molecule has 0 saturated carbocycles. The summed E-state index contributed by atoms with van der Waals surface area (Å²) in [5, 5.41) is 14.2. The van der Waals surface area contributed by atoms with Crippen molar-refractivity contribution in [3.05, 3.63) is 112 Å². The number of carbonyl (C=O) groups is 4. The van der Waals surface area contributed by atoms with E-state index in [1.54, 1.807) is 48.5 Å². The molecule has 69 heavy (non-hydrogen) atoms. The Bertz CT molecular complexity index is 2360. The van der Waals surface area contributed by atoms with Gasteiger partial charge in [0.2, 0.25) is 6.04 Å². The Labute approximate surface area is 417 Å². The van der Waals surface area contributed by atoms with Crippen molar-refractivity contribution in [1.82, 2.24) is 15.0 Å². The minimum absolute atomic E-state index is 0.0550. The van der Waals surface area contributed by atoms with Crippen molar-refractivity contribution in [2.24, 2.45) is 0 Å². The molecule has 372 valence electrons. The molecule has 13 nitrogen and oxygen atoms in total. The number of anilines is 2. The van der Waals surface area contributed by atoms with Crippen LogP contribution in [0.1, 0.15) is 175 Å². The summed E-state index contributed by atoms with van der Waals surface area (Å²) in [6.45, 7) is 5.24. The monoisotopic (exact) mass is 985 g/mol. The number of fused-ring (bicyclic) bond motifs is 1. The lowest BCUT2D eigenvalue weighted by Crippen LogP contribution is -2.37. The Morgan fingerprint density at radius 2 is 1.09 bits per heavy atom. The number of amides is 2. The lowest BCUT2D eigenvalue weighted by molar-refractivity contribution is -0.304. The molecule has 2 amide bonds. The van der Waals surface area contributed by atoms with Gasteiger partial charge >= 0.3 is 11.9 Å². The van der Waals surface area contributed by atoms with Crippen LogP contribution in [0.15, 0.2) is 84.9 Å². The van der Waals surface area contributed by atoms with Gasteiger partial charge in [-0.2, -0.15) is 0 Å². The average Bonchev–Trinajstić information content (AvgIpc) is 3.76. The molecule has 1 heterocycles. The van der Waals surface area contributed by atoms with Gasteiger partial charge in [-0.25, -0.2) is 24.0 Å². The number of carbonyl (C=O) groups excluding carboxylic acids is 4. The summed E-state index contributed by atoms with van der Waals surface area (Å²) in [5.41, 5.74) is 1.64. The quantitative estimate of drug-likeness (QED) is 0.0103. The van der Waals surface area contributed by atoms with E-state index < -0.39 is 29.8 Å². The van der Waals surface area contributed by atoms with Gasteiger partial charge in [-0.3, -0.25) is 9.59 Å². The van der Waals surface area contributed by atoms with E-state index in [1.165, 1.54) is 120 Å². The number of para-hydroxylation sites is 1. The van der Waals surface area contributed by atoms with E-state index in [0.717, 1.165) is 49.6 Å². The van der Waals surface area contributed by atoms with Gasteiger partial charge in [0.05, 0.1) is 51.3 Å². The van der Waals surface area contributed by atoms with E-state index in [1.807, 2.05) is 0 Å². The summed E-state index contributed by atoms with van der Waals surface area (Å²) < 4.78 is 12.2. The van der Waals surface area contributed by atoms with Crippen LogP contribution in [-0.2, 0) is 30.7 Å². The standard InChI is InChI=1S/C54H69Cl2N5O8/c1-3-5-7-9-11-13-15-17-19-24-34-66-53(64)41-29-32-45(56)48(37-41)58-52(63)50(61-49-38-42(30-33-46(49)59-60-61)54(65)69-43-26-22-21-23-27-43)51(62)57-47-36-40(28-31-44(47)55)39-68-67-35-25-20-18-16-14-12-10-8-6-4-2/h21-23,26-33,36-38,50H,3-20,24-25,34-35,39H2,1-2H3,(H,57,62)(H,58,63). The first-order valence-corrected chi connectivity index (χ1v) is 25.7. The van der Waals surface area contributed by atoms with Crippen LogP contribution < -0.4 is 15.4 Å². The number of unbranched alkanes of at least 4 members (excludes halogenated alkanes) is 18. The number of aromatic nitrogens is 3. The first-order chi connectivity index (χ1) is 33.7. The van der Waals surface area contributed by atoms with Crippen molar-refractivity contribution >= 4 is 69.4 Å². The molecule has 0 radical (unpaired) electrons. The predicted molar refractivity (Wildman–Crippen MR) is 273 cm³/mol. The van der Waals surface area contributed by atoms with E-state index in [0.29, 0.717) is 17.9 Å². The zero-order valence-electron chi connectivity index (χ0n) is 40.3. The van der Waals surface area contributed by atoms with Crippen LogP contribution in [-0.4, -0.2) is 52.0 Å². The highest BCUT2D eigenvalue weighted by molar-refractivity contribution is 6.35. The van der Waals surface area contributed by atoms with Crippen molar-refractivity contribution in [2.75, 3.05) is 23.8 Å². The topological polar surface area (TPSA) is 160 Å². The Morgan fingerprint density at radius 3 is 1.70 bits per heavy atom. The third-order valence-corrected chi connectivity index (χ3v) is 12.4. The Kier molecular flexibility index (Phi) is 24.5. The Hall–Kier alpha value is -5.34.